The maximum Gasteiger partial charge on any atom is 0.282 e. The Morgan fingerprint density at radius 1 is 1.50 bits per heavy atom. The van der Waals surface area contributed by atoms with E-state index in [1.54, 1.807) is 19.1 Å². The van der Waals surface area contributed by atoms with Gasteiger partial charge in [-0.25, -0.2) is 0 Å². The summed E-state index contributed by atoms with van der Waals surface area (Å²) in [6.07, 6.45) is 1.29. The number of benzene rings is 1. The minimum Gasteiger partial charge on any atom is -0.334 e. The van der Waals surface area contributed by atoms with Crippen LogP contribution in [0.4, 0.5) is 5.69 Å². The largest absolute Gasteiger partial charge is 0.334 e. The second kappa shape index (κ2) is 5.79. The van der Waals surface area contributed by atoms with E-state index in [2.05, 4.69) is 10.1 Å². The zero-order valence-electron chi connectivity index (χ0n) is 11.4. The minimum atomic E-state index is -0.454. The Bertz CT molecular complexity index is 624. The molecule has 0 aliphatic carbocycles. The predicted octanol–water partition coefficient (Wildman–Crippen LogP) is 2.23. The van der Waals surface area contributed by atoms with Crippen molar-refractivity contribution in [1.29, 1.82) is 0 Å². The molecule has 1 aromatic heterocycles. The summed E-state index contributed by atoms with van der Waals surface area (Å²) in [6.45, 7) is 3.74. The Morgan fingerprint density at radius 2 is 2.25 bits per heavy atom. The summed E-state index contributed by atoms with van der Waals surface area (Å²) in [5.74, 6) is 0.625. The lowest BCUT2D eigenvalue weighted by molar-refractivity contribution is -0.384. The van der Waals surface area contributed by atoms with Gasteiger partial charge in [0.05, 0.1) is 4.92 Å². The molecular weight excluding hydrogens is 260 g/mol. The Morgan fingerprint density at radius 3 is 2.90 bits per heavy atom. The van der Waals surface area contributed by atoms with E-state index in [0.717, 1.165) is 6.42 Å². The highest BCUT2D eigenvalue weighted by Gasteiger charge is 2.22. The molecule has 0 spiro atoms. The molecule has 1 atom stereocenters. The van der Waals surface area contributed by atoms with Crippen molar-refractivity contribution < 1.29 is 9.45 Å². The number of nitrogens with zero attached hydrogens (tertiary/aromatic N) is 3. The summed E-state index contributed by atoms with van der Waals surface area (Å²) in [5, 5.41) is 14.9. The van der Waals surface area contributed by atoms with Crippen LogP contribution in [-0.2, 0) is 6.42 Å². The molecular formula is C13H16N4O3. The fourth-order valence-electron chi connectivity index (χ4n) is 1.90. The molecule has 2 rings (SSSR count). The van der Waals surface area contributed by atoms with Crippen LogP contribution in [0.1, 0.15) is 24.7 Å². The van der Waals surface area contributed by atoms with Gasteiger partial charge >= 0.3 is 0 Å². The zero-order chi connectivity index (χ0) is 14.7. The molecule has 1 aromatic carbocycles. The van der Waals surface area contributed by atoms with Gasteiger partial charge in [-0.15, -0.1) is 0 Å². The van der Waals surface area contributed by atoms with Crippen molar-refractivity contribution in [2.75, 3.05) is 0 Å². The highest BCUT2D eigenvalue weighted by molar-refractivity contribution is 5.70. The van der Waals surface area contributed by atoms with E-state index >= 15 is 0 Å². The summed E-state index contributed by atoms with van der Waals surface area (Å²) in [6, 6.07) is 4.77. The first kappa shape index (κ1) is 14.1. The Kier molecular flexibility index (Phi) is 4.09. The number of nitro benzene ring substituents is 1. The first-order valence-corrected chi connectivity index (χ1v) is 6.35. The molecule has 2 aromatic rings. The average Bonchev–Trinajstić information content (AvgIpc) is 2.86. The van der Waals surface area contributed by atoms with Crippen molar-refractivity contribution in [3.8, 4) is 11.5 Å². The lowest BCUT2D eigenvalue weighted by Crippen LogP contribution is -2.21. The van der Waals surface area contributed by atoms with Crippen LogP contribution >= 0.6 is 0 Å². The lowest BCUT2D eigenvalue weighted by Gasteiger charge is -2.03. The number of aryl methyl sites for hydroxylation is 1. The van der Waals surface area contributed by atoms with E-state index in [1.165, 1.54) is 6.07 Å². The molecule has 0 saturated heterocycles. The van der Waals surface area contributed by atoms with E-state index < -0.39 is 4.92 Å². The van der Waals surface area contributed by atoms with Crippen LogP contribution in [0, 0.1) is 17.0 Å². The lowest BCUT2D eigenvalue weighted by atomic mass is 10.1. The first-order valence-electron chi connectivity index (χ1n) is 6.35. The van der Waals surface area contributed by atoms with Gasteiger partial charge in [-0.3, -0.25) is 10.1 Å². The van der Waals surface area contributed by atoms with Crippen LogP contribution in [0.25, 0.3) is 11.5 Å². The van der Waals surface area contributed by atoms with E-state index in [0.29, 0.717) is 23.4 Å². The molecule has 0 bridgehead atoms. The van der Waals surface area contributed by atoms with Crippen molar-refractivity contribution in [2.45, 2.75) is 32.7 Å². The SMILES string of the molecule is CCC(N)Cc1noc(-c2c(C)cccc2[N+](=O)[O-])n1. The molecule has 2 N–H and O–H groups in total. The fraction of sp³-hybridized carbons (Fsp3) is 0.385. The van der Waals surface area contributed by atoms with E-state index in [-0.39, 0.29) is 17.6 Å². The molecule has 0 saturated carbocycles. The molecule has 0 fully saturated rings. The third-order valence-corrected chi connectivity index (χ3v) is 3.10. The summed E-state index contributed by atoms with van der Waals surface area (Å²) in [5.41, 5.74) is 6.87. The van der Waals surface area contributed by atoms with Gasteiger partial charge in [-0.05, 0) is 18.9 Å². The van der Waals surface area contributed by atoms with Gasteiger partial charge in [0.2, 0.25) is 0 Å². The Labute approximate surface area is 115 Å². The van der Waals surface area contributed by atoms with Gasteiger partial charge in [-0.1, -0.05) is 24.2 Å². The van der Waals surface area contributed by atoms with Gasteiger partial charge in [-0.2, -0.15) is 4.98 Å². The van der Waals surface area contributed by atoms with E-state index in [4.69, 9.17) is 10.3 Å². The van der Waals surface area contributed by atoms with Gasteiger partial charge in [0.25, 0.3) is 11.6 Å². The first-order chi connectivity index (χ1) is 9.52. The van der Waals surface area contributed by atoms with Gasteiger partial charge in [0.1, 0.15) is 5.56 Å². The summed E-state index contributed by atoms with van der Waals surface area (Å²) < 4.78 is 5.15. The minimum absolute atomic E-state index is 0.0417. The molecule has 20 heavy (non-hydrogen) atoms. The normalized spacial score (nSPS) is 12.3. The molecule has 0 aliphatic rings. The second-order valence-electron chi connectivity index (χ2n) is 4.61. The maximum absolute atomic E-state index is 11.1. The second-order valence-corrected chi connectivity index (χ2v) is 4.61. The highest BCUT2D eigenvalue weighted by atomic mass is 16.6. The van der Waals surface area contributed by atoms with Crippen LogP contribution in [0.15, 0.2) is 22.7 Å². The zero-order valence-corrected chi connectivity index (χ0v) is 11.4. The van der Waals surface area contributed by atoms with Crippen LogP contribution in [0.2, 0.25) is 0 Å². The summed E-state index contributed by atoms with van der Waals surface area (Å²) >= 11 is 0. The third kappa shape index (κ3) is 2.83. The molecule has 1 heterocycles. The summed E-state index contributed by atoms with van der Waals surface area (Å²) in [7, 11) is 0. The number of hydrogen-bond donors (Lipinski definition) is 1. The van der Waals surface area contributed by atoms with Crippen molar-refractivity contribution in [3.63, 3.8) is 0 Å². The van der Waals surface area contributed by atoms with Gasteiger partial charge in [0.15, 0.2) is 5.82 Å². The number of nitrogens with two attached hydrogens (primary N) is 1. The number of hydrogen-bond acceptors (Lipinski definition) is 6. The number of nitro groups is 1. The predicted molar refractivity (Wildman–Crippen MR) is 73.1 cm³/mol. The topological polar surface area (TPSA) is 108 Å². The molecule has 7 nitrogen and oxygen atoms in total. The molecule has 0 amide bonds. The van der Waals surface area contributed by atoms with Crippen molar-refractivity contribution >= 4 is 5.69 Å². The monoisotopic (exact) mass is 276 g/mol. The average molecular weight is 276 g/mol. The standard InChI is InChI=1S/C13H16N4O3/c1-3-9(14)7-11-15-13(20-16-11)12-8(2)5-4-6-10(12)17(18)19/h4-6,9H,3,7,14H2,1-2H3. The van der Waals surface area contributed by atoms with Crippen molar-refractivity contribution in [3.05, 3.63) is 39.7 Å². The van der Waals surface area contributed by atoms with Crippen LogP contribution in [0.3, 0.4) is 0 Å². The van der Waals surface area contributed by atoms with Crippen LogP contribution in [-0.4, -0.2) is 21.1 Å². The molecule has 1 unspecified atom stereocenters. The van der Waals surface area contributed by atoms with Gasteiger partial charge in [0, 0.05) is 18.5 Å². The molecule has 7 heteroatoms. The molecule has 0 aliphatic heterocycles. The number of aromatic nitrogens is 2. The third-order valence-electron chi connectivity index (χ3n) is 3.10. The smallest absolute Gasteiger partial charge is 0.282 e. The number of rotatable bonds is 5. The van der Waals surface area contributed by atoms with Gasteiger partial charge < -0.3 is 10.3 Å². The Hall–Kier alpha value is -2.28. The highest BCUT2D eigenvalue weighted by Crippen LogP contribution is 2.31. The van der Waals surface area contributed by atoms with E-state index in [1.807, 2.05) is 6.92 Å². The Balaban J connectivity index is 2.40. The maximum atomic E-state index is 11.1. The van der Waals surface area contributed by atoms with Crippen LogP contribution in [0.5, 0.6) is 0 Å². The quantitative estimate of drug-likeness (QED) is 0.662. The molecule has 0 radical (unpaired) electrons. The van der Waals surface area contributed by atoms with Crippen LogP contribution < -0.4 is 5.73 Å². The van der Waals surface area contributed by atoms with E-state index in [9.17, 15) is 10.1 Å². The fourth-order valence-corrected chi connectivity index (χ4v) is 1.90. The summed E-state index contributed by atoms with van der Waals surface area (Å²) in [4.78, 5) is 14.8. The van der Waals surface area contributed by atoms with Crippen molar-refractivity contribution in [1.82, 2.24) is 10.1 Å². The van der Waals surface area contributed by atoms with Crippen molar-refractivity contribution in [2.24, 2.45) is 5.73 Å². The molecule has 106 valence electrons.